The van der Waals surface area contributed by atoms with Crippen molar-refractivity contribution in [3.05, 3.63) is 42.2 Å². The molecule has 2 N–H and O–H groups in total. The Labute approximate surface area is 147 Å². The van der Waals surface area contributed by atoms with Gasteiger partial charge in [0.1, 0.15) is 5.69 Å². The first-order valence-corrected chi connectivity index (χ1v) is 8.76. The molecule has 7 heteroatoms. The lowest BCUT2D eigenvalue weighted by atomic mass is 9.94. The Morgan fingerprint density at radius 3 is 2.84 bits per heavy atom. The number of para-hydroxylation sites is 1. The Kier molecular flexibility index (Phi) is 5.03. The third-order valence-electron chi connectivity index (χ3n) is 5.11. The number of carbonyl (C=O) groups is 1. The summed E-state index contributed by atoms with van der Waals surface area (Å²) in [7, 11) is 0. The zero-order chi connectivity index (χ0) is 17.9. The van der Waals surface area contributed by atoms with E-state index in [2.05, 4.69) is 15.6 Å². The number of nitrogens with one attached hydrogen (secondary N) is 1. The average molecular weight is 343 g/mol. The van der Waals surface area contributed by atoms with E-state index in [0.717, 1.165) is 24.9 Å². The Hall–Kier alpha value is -2.41. The molecule has 1 aromatic heterocycles. The van der Waals surface area contributed by atoms with Gasteiger partial charge in [0.05, 0.1) is 30.1 Å². The summed E-state index contributed by atoms with van der Waals surface area (Å²) in [5.74, 6) is 0. The molecule has 0 unspecified atom stereocenters. The summed E-state index contributed by atoms with van der Waals surface area (Å²) in [5.41, 5.74) is 1.18. The van der Waals surface area contributed by atoms with Gasteiger partial charge in [-0.25, -0.2) is 9.48 Å². The molecule has 0 radical (unpaired) electrons. The van der Waals surface area contributed by atoms with E-state index >= 15 is 0 Å². The van der Waals surface area contributed by atoms with Crippen molar-refractivity contribution in [2.24, 2.45) is 0 Å². The standard InChI is InChI=1S/C18H25N5O2/c1-3-18(13-24)10-7-11-22(18)17(25)19-14(2)16-12-23(21-20-16)15-8-5-4-6-9-15/h4-6,8-9,12,14,24H,3,7,10-11,13H2,1-2H3,(H,19,25)/t14-,18+/m0/s1. The topological polar surface area (TPSA) is 83.3 Å². The summed E-state index contributed by atoms with van der Waals surface area (Å²) < 4.78 is 1.69. The zero-order valence-corrected chi connectivity index (χ0v) is 14.7. The van der Waals surface area contributed by atoms with Crippen molar-refractivity contribution in [1.29, 1.82) is 0 Å². The van der Waals surface area contributed by atoms with Crippen molar-refractivity contribution < 1.29 is 9.90 Å². The number of benzene rings is 1. The number of amides is 2. The molecule has 1 fully saturated rings. The molecule has 2 aromatic rings. The lowest BCUT2D eigenvalue weighted by Gasteiger charge is -2.36. The second-order valence-corrected chi connectivity index (χ2v) is 6.59. The first-order valence-electron chi connectivity index (χ1n) is 8.76. The summed E-state index contributed by atoms with van der Waals surface area (Å²) in [6.45, 7) is 4.57. The first kappa shape index (κ1) is 17.4. The van der Waals surface area contributed by atoms with Crippen LogP contribution in [-0.2, 0) is 0 Å². The van der Waals surface area contributed by atoms with Crippen molar-refractivity contribution >= 4 is 6.03 Å². The van der Waals surface area contributed by atoms with Gasteiger partial charge in [-0.1, -0.05) is 30.3 Å². The van der Waals surface area contributed by atoms with E-state index in [-0.39, 0.29) is 18.7 Å². The number of urea groups is 1. The minimum absolute atomic E-state index is 0.00447. The number of hydrogen-bond acceptors (Lipinski definition) is 4. The maximum Gasteiger partial charge on any atom is 0.318 e. The van der Waals surface area contributed by atoms with Gasteiger partial charge in [-0.15, -0.1) is 5.10 Å². The van der Waals surface area contributed by atoms with Crippen LogP contribution in [0.3, 0.4) is 0 Å². The molecule has 134 valence electrons. The number of aliphatic hydroxyl groups excluding tert-OH is 1. The minimum atomic E-state index is -0.439. The van der Waals surface area contributed by atoms with Gasteiger partial charge in [0, 0.05) is 6.54 Å². The van der Waals surface area contributed by atoms with Gasteiger partial charge in [-0.05, 0) is 38.3 Å². The van der Waals surface area contributed by atoms with Crippen LogP contribution in [0.4, 0.5) is 4.79 Å². The van der Waals surface area contributed by atoms with Crippen LogP contribution < -0.4 is 5.32 Å². The van der Waals surface area contributed by atoms with Crippen molar-refractivity contribution in [2.45, 2.75) is 44.7 Å². The lowest BCUT2D eigenvalue weighted by Crippen LogP contribution is -2.53. The normalized spacial score (nSPS) is 21.3. The molecule has 3 rings (SSSR count). The van der Waals surface area contributed by atoms with E-state index in [1.807, 2.05) is 50.4 Å². The molecular formula is C18H25N5O2. The molecule has 0 bridgehead atoms. The number of nitrogens with zero attached hydrogens (tertiary/aromatic N) is 4. The molecule has 0 aliphatic carbocycles. The molecule has 1 aliphatic heterocycles. The summed E-state index contributed by atoms with van der Waals surface area (Å²) in [6, 6.07) is 9.30. The van der Waals surface area contributed by atoms with Crippen LogP contribution in [-0.4, -0.2) is 49.7 Å². The van der Waals surface area contributed by atoms with Gasteiger partial charge in [0.2, 0.25) is 0 Å². The van der Waals surface area contributed by atoms with Crippen LogP contribution in [0.2, 0.25) is 0 Å². The molecule has 2 amide bonds. The van der Waals surface area contributed by atoms with Crippen LogP contribution >= 0.6 is 0 Å². The maximum absolute atomic E-state index is 12.7. The molecule has 2 heterocycles. The van der Waals surface area contributed by atoms with Crippen LogP contribution in [0, 0.1) is 0 Å². The summed E-state index contributed by atoms with van der Waals surface area (Å²) in [6.07, 6.45) is 4.32. The monoisotopic (exact) mass is 343 g/mol. The van der Waals surface area contributed by atoms with E-state index in [1.54, 1.807) is 9.58 Å². The van der Waals surface area contributed by atoms with E-state index in [0.29, 0.717) is 12.2 Å². The summed E-state index contributed by atoms with van der Waals surface area (Å²) in [5, 5.41) is 21.1. The quantitative estimate of drug-likeness (QED) is 0.872. The SMILES string of the molecule is CC[C@]1(CO)CCCN1C(=O)N[C@@H](C)c1cn(-c2ccccc2)nn1. The molecule has 1 aliphatic rings. The number of carbonyl (C=O) groups excluding carboxylic acids is 1. The molecular weight excluding hydrogens is 318 g/mol. The van der Waals surface area contributed by atoms with Gasteiger partial charge in [0.25, 0.3) is 0 Å². The highest BCUT2D eigenvalue weighted by molar-refractivity contribution is 5.76. The van der Waals surface area contributed by atoms with Gasteiger partial charge in [-0.3, -0.25) is 0 Å². The number of hydrogen-bond donors (Lipinski definition) is 2. The van der Waals surface area contributed by atoms with E-state index in [9.17, 15) is 9.90 Å². The van der Waals surface area contributed by atoms with Crippen molar-refractivity contribution in [3.8, 4) is 5.69 Å². The summed E-state index contributed by atoms with van der Waals surface area (Å²) in [4.78, 5) is 14.5. The molecule has 1 aromatic carbocycles. The second-order valence-electron chi connectivity index (χ2n) is 6.59. The molecule has 0 spiro atoms. The molecule has 25 heavy (non-hydrogen) atoms. The van der Waals surface area contributed by atoms with Crippen molar-refractivity contribution in [2.75, 3.05) is 13.2 Å². The minimum Gasteiger partial charge on any atom is -0.394 e. The van der Waals surface area contributed by atoms with Crippen molar-refractivity contribution in [3.63, 3.8) is 0 Å². The van der Waals surface area contributed by atoms with Crippen LogP contribution in [0.15, 0.2) is 36.5 Å². The smallest absolute Gasteiger partial charge is 0.318 e. The predicted octanol–water partition coefficient (Wildman–Crippen LogP) is 2.27. The number of likely N-dealkylation sites (tertiary alicyclic amines) is 1. The largest absolute Gasteiger partial charge is 0.394 e. The lowest BCUT2D eigenvalue weighted by molar-refractivity contribution is 0.0799. The van der Waals surface area contributed by atoms with Gasteiger partial charge in [0.15, 0.2) is 0 Å². The fourth-order valence-electron chi connectivity index (χ4n) is 3.42. The summed E-state index contributed by atoms with van der Waals surface area (Å²) >= 11 is 0. The van der Waals surface area contributed by atoms with Gasteiger partial charge in [-0.2, -0.15) is 0 Å². The second kappa shape index (κ2) is 7.23. The average Bonchev–Trinajstić information content (AvgIpc) is 3.30. The van der Waals surface area contributed by atoms with Gasteiger partial charge >= 0.3 is 6.03 Å². The van der Waals surface area contributed by atoms with Crippen LogP contribution in [0.5, 0.6) is 0 Å². The maximum atomic E-state index is 12.7. The first-order chi connectivity index (χ1) is 12.1. The molecule has 0 saturated carbocycles. The van der Waals surface area contributed by atoms with E-state index in [1.165, 1.54) is 0 Å². The van der Waals surface area contributed by atoms with E-state index in [4.69, 9.17) is 0 Å². The fourth-order valence-corrected chi connectivity index (χ4v) is 3.42. The highest BCUT2D eigenvalue weighted by Gasteiger charge is 2.42. The highest BCUT2D eigenvalue weighted by Crippen LogP contribution is 2.32. The Balaban J connectivity index is 1.69. The predicted molar refractivity (Wildman–Crippen MR) is 94.4 cm³/mol. The highest BCUT2D eigenvalue weighted by atomic mass is 16.3. The van der Waals surface area contributed by atoms with Gasteiger partial charge < -0.3 is 15.3 Å². The van der Waals surface area contributed by atoms with Crippen LogP contribution in [0.1, 0.15) is 44.8 Å². The Morgan fingerprint density at radius 1 is 1.40 bits per heavy atom. The van der Waals surface area contributed by atoms with Crippen molar-refractivity contribution in [1.82, 2.24) is 25.2 Å². The number of aliphatic hydroxyl groups is 1. The molecule has 7 nitrogen and oxygen atoms in total. The molecule has 1 saturated heterocycles. The third kappa shape index (κ3) is 3.37. The zero-order valence-electron chi connectivity index (χ0n) is 14.7. The Bertz CT molecular complexity index is 711. The number of aromatic nitrogens is 3. The number of rotatable bonds is 5. The van der Waals surface area contributed by atoms with E-state index < -0.39 is 5.54 Å². The fraction of sp³-hybridized carbons (Fsp3) is 0.500. The molecule has 2 atom stereocenters. The van der Waals surface area contributed by atoms with Crippen LogP contribution in [0.25, 0.3) is 5.69 Å². The third-order valence-corrected chi connectivity index (χ3v) is 5.11. The Morgan fingerprint density at radius 2 is 2.16 bits per heavy atom.